The lowest BCUT2D eigenvalue weighted by Crippen LogP contribution is -2.18. The number of anilines is 3. The van der Waals surface area contributed by atoms with E-state index in [9.17, 15) is 0 Å². The lowest BCUT2D eigenvalue weighted by Gasteiger charge is -2.28. The average Bonchev–Trinajstić information content (AvgIpc) is 3.61. The summed E-state index contributed by atoms with van der Waals surface area (Å²) in [6.07, 6.45) is 11.1. The molecule has 0 atom stereocenters. The van der Waals surface area contributed by atoms with Gasteiger partial charge in [-0.2, -0.15) is 0 Å². The summed E-state index contributed by atoms with van der Waals surface area (Å²) >= 11 is 3.59. The minimum atomic E-state index is 0.941. The first-order valence-electron chi connectivity index (χ1n) is 14.8. The van der Waals surface area contributed by atoms with Crippen molar-refractivity contribution in [1.29, 1.82) is 0 Å². The topological polar surface area (TPSA) is 6.48 Å². The molecular formula is C39H36N2S2. The number of rotatable bonds is 9. The number of hydrogen-bond donors (Lipinski definition) is 0. The quantitative estimate of drug-likeness (QED) is 0.140. The normalized spacial score (nSPS) is 16.5. The van der Waals surface area contributed by atoms with E-state index in [1.165, 1.54) is 42.9 Å². The molecule has 1 aliphatic carbocycles. The minimum Gasteiger partial charge on any atom is -0.335 e. The third kappa shape index (κ3) is 6.46. The predicted molar refractivity (Wildman–Crippen MR) is 188 cm³/mol. The van der Waals surface area contributed by atoms with Gasteiger partial charge in [-0.15, -0.1) is 0 Å². The van der Waals surface area contributed by atoms with Crippen LogP contribution in [-0.2, 0) is 0 Å². The maximum absolute atomic E-state index is 4.39. The molecule has 4 heteroatoms. The fraction of sp³-hybridized carbons (Fsp3) is 0.128. The van der Waals surface area contributed by atoms with Crippen LogP contribution in [0.3, 0.4) is 0 Å². The molecule has 1 heterocycles. The molecule has 0 radical (unpaired) electrons. The molecule has 4 aromatic rings. The number of benzene rings is 4. The molecule has 0 N–H and O–H groups in total. The standard InChI is InChI=1S/C39H36N2S2/c1-4-40-35-20-12-14-22-37(35)43-38(40)28-27-32-26-25-31(24-23-30(3)42-36-21-13-11-15-29(36)2)39(32)41(33-16-7-5-8-17-33)34-18-9-6-10-19-34/h5-24,27-28H,3-4,25-26H2,1-2H3/b24-23-,32-27+,38-28?. The van der Waals surface area contributed by atoms with Crippen LogP contribution in [0, 0.1) is 6.92 Å². The summed E-state index contributed by atoms with van der Waals surface area (Å²) in [5.41, 5.74) is 8.78. The zero-order chi connectivity index (χ0) is 29.6. The Hall–Kier alpha value is -4.12. The third-order valence-corrected chi connectivity index (χ3v) is 9.92. The second-order valence-corrected chi connectivity index (χ2v) is 12.8. The molecule has 0 bridgehead atoms. The Morgan fingerprint density at radius 1 is 0.837 bits per heavy atom. The molecule has 4 aromatic carbocycles. The molecule has 2 nitrogen and oxygen atoms in total. The Morgan fingerprint density at radius 3 is 2.19 bits per heavy atom. The van der Waals surface area contributed by atoms with E-state index in [4.69, 9.17) is 0 Å². The van der Waals surface area contributed by atoms with Crippen molar-refractivity contribution in [3.63, 3.8) is 0 Å². The summed E-state index contributed by atoms with van der Waals surface area (Å²) in [6.45, 7) is 9.71. The number of fused-ring (bicyclic) bond motifs is 1. The van der Waals surface area contributed by atoms with E-state index >= 15 is 0 Å². The van der Waals surface area contributed by atoms with E-state index in [2.05, 4.69) is 164 Å². The number of thioether (sulfide) groups is 2. The van der Waals surface area contributed by atoms with E-state index in [-0.39, 0.29) is 0 Å². The van der Waals surface area contributed by atoms with Crippen molar-refractivity contribution in [1.82, 2.24) is 0 Å². The first kappa shape index (κ1) is 29.0. The van der Waals surface area contributed by atoms with Crippen molar-refractivity contribution >= 4 is 40.6 Å². The molecule has 1 aliphatic heterocycles. The number of nitrogens with zero attached hydrogens (tertiary/aromatic N) is 2. The van der Waals surface area contributed by atoms with E-state index in [1.54, 1.807) is 11.8 Å². The van der Waals surface area contributed by atoms with Gasteiger partial charge in [0.25, 0.3) is 0 Å². The van der Waals surface area contributed by atoms with Crippen molar-refractivity contribution in [2.24, 2.45) is 0 Å². The van der Waals surface area contributed by atoms with Gasteiger partial charge in [-0.3, -0.25) is 0 Å². The van der Waals surface area contributed by atoms with Crippen LogP contribution in [0.15, 0.2) is 177 Å². The van der Waals surface area contributed by atoms with E-state index in [0.717, 1.165) is 35.7 Å². The van der Waals surface area contributed by atoms with Crippen LogP contribution in [-0.4, -0.2) is 6.54 Å². The van der Waals surface area contributed by atoms with Crippen molar-refractivity contribution in [2.75, 3.05) is 16.3 Å². The van der Waals surface area contributed by atoms with Crippen LogP contribution in [0.5, 0.6) is 0 Å². The SMILES string of the molecule is C=C(/C=C\C1=C(N(c2ccccc2)c2ccccc2)C(=C/C=C2Sc3ccccc3N2CC)/CC1)Sc1ccccc1C. The first-order valence-corrected chi connectivity index (χ1v) is 16.4. The maximum atomic E-state index is 4.39. The van der Waals surface area contributed by atoms with Crippen molar-refractivity contribution < 1.29 is 0 Å². The summed E-state index contributed by atoms with van der Waals surface area (Å²) in [5.74, 6) is 0. The average molecular weight is 597 g/mol. The molecule has 0 fully saturated rings. The summed E-state index contributed by atoms with van der Waals surface area (Å²) < 4.78 is 0. The molecule has 0 aromatic heterocycles. The molecule has 2 aliphatic rings. The Kier molecular flexibility index (Phi) is 9.07. The Labute approximate surface area is 264 Å². The molecule has 6 rings (SSSR count). The number of aryl methyl sites for hydroxylation is 1. The van der Waals surface area contributed by atoms with Crippen LogP contribution >= 0.6 is 23.5 Å². The highest BCUT2D eigenvalue weighted by Gasteiger charge is 2.27. The third-order valence-electron chi connectivity index (χ3n) is 7.71. The van der Waals surface area contributed by atoms with Crippen LogP contribution in [0.25, 0.3) is 0 Å². The van der Waals surface area contributed by atoms with E-state index in [1.807, 2.05) is 11.8 Å². The molecule has 0 amide bonds. The predicted octanol–water partition coefficient (Wildman–Crippen LogP) is 11.4. The van der Waals surface area contributed by atoms with Gasteiger partial charge in [0.15, 0.2) is 0 Å². The van der Waals surface area contributed by atoms with Crippen LogP contribution < -0.4 is 9.80 Å². The lowest BCUT2D eigenvalue weighted by atomic mass is 10.1. The molecular weight excluding hydrogens is 561 g/mol. The van der Waals surface area contributed by atoms with Crippen LogP contribution in [0.4, 0.5) is 17.1 Å². The monoisotopic (exact) mass is 596 g/mol. The molecule has 0 saturated heterocycles. The number of para-hydroxylation sites is 3. The first-order chi connectivity index (χ1) is 21.1. The van der Waals surface area contributed by atoms with Gasteiger partial charge >= 0.3 is 0 Å². The van der Waals surface area contributed by atoms with Crippen molar-refractivity contribution in [3.8, 4) is 0 Å². The zero-order valence-corrected chi connectivity index (χ0v) is 26.4. The van der Waals surface area contributed by atoms with E-state index < -0.39 is 0 Å². The van der Waals surface area contributed by atoms with Crippen molar-refractivity contribution in [3.05, 3.63) is 172 Å². The molecule has 214 valence electrons. The highest BCUT2D eigenvalue weighted by Crippen LogP contribution is 2.46. The number of hydrogen-bond acceptors (Lipinski definition) is 4. The van der Waals surface area contributed by atoms with Gasteiger partial charge in [-0.25, -0.2) is 0 Å². The fourth-order valence-electron chi connectivity index (χ4n) is 5.60. The largest absolute Gasteiger partial charge is 0.335 e. The highest BCUT2D eigenvalue weighted by molar-refractivity contribution is 8.03. The smallest absolute Gasteiger partial charge is 0.0801 e. The molecule has 0 saturated carbocycles. The van der Waals surface area contributed by atoms with Gasteiger partial charge < -0.3 is 9.80 Å². The van der Waals surface area contributed by atoms with Crippen molar-refractivity contribution in [2.45, 2.75) is 36.5 Å². The van der Waals surface area contributed by atoms with Gasteiger partial charge in [0.05, 0.1) is 16.4 Å². The second-order valence-electron chi connectivity index (χ2n) is 10.6. The minimum absolute atomic E-state index is 0.941. The molecule has 0 spiro atoms. The van der Waals surface area contributed by atoms with Gasteiger partial charge in [0, 0.05) is 32.6 Å². The zero-order valence-electron chi connectivity index (χ0n) is 24.7. The summed E-state index contributed by atoms with van der Waals surface area (Å²) in [4.78, 5) is 8.43. The van der Waals surface area contributed by atoms with Crippen LogP contribution in [0.2, 0.25) is 0 Å². The van der Waals surface area contributed by atoms with E-state index in [0.29, 0.717) is 0 Å². The second kappa shape index (κ2) is 13.5. The molecule has 0 unspecified atom stereocenters. The number of allylic oxidation sites excluding steroid dienone is 6. The highest BCUT2D eigenvalue weighted by atomic mass is 32.2. The van der Waals surface area contributed by atoms with Gasteiger partial charge in [-0.1, -0.05) is 109 Å². The molecule has 43 heavy (non-hydrogen) atoms. The summed E-state index contributed by atoms with van der Waals surface area (Å²) in [5, 5.41) is 1.27. The Bertz CT molecular complexity index is 1690. The van der Waals surface area contributed by atoms with Gasteiger partial charge in [0.2, 0.25) is 0 Å². The lowest BCUT2D eigenvalue weighted by molar-refractivity contribution is 1.000. The Morgan fingerprint density at radius 2 is 1.49 bits per heavy atom. The van der Waals surface area contributed by atoms with Gasteiger partial charge in [-0.05, 0) is 98.0 Å². The van der Waals surface area contributed by atoms with Gasteiger partial charge in [0.1, 0.15) is 0 Å². The Balaban J connectivity index is 1.41. The van der Waals surface area contributed by atoms with Crippen LogP contribution in [0.1, 0.15) is 25.3 Å². The maximum Gasteiger partial charge on any atom is 0.0801 e. The summed E-state index contributed by atoms with van der Waals surface area (Å²) in [6, 6.07) is 38.6. The summed E-state index contributed by atoms with van der Waals surface area (Å²) in [7, 11) is 0. The fourth-order valence-corrected chi connectivity index (χ4v) is 7.52.